The first kappa shape index (κ1) is 12.2. The molecule has 2 aliphatic rings. The third kappa shape index (κ3) is 1.65. The molecule has 0 aliphatic carbocycles. The highest BCUT2D eigenvalue weighted by Crippen LogP contribution is 2.47. The summed E-state index contributed by atoms with van der Waals surface area (Å²) in [5.41, 5.74) is -1.17. The minimum Gasteiger partial charge on any atom is -0.462 e. The van der Waals surface area contributed by atoms with Crippen LogP contribution in [-0.4, -0.2) is 28.2 Å². The average molecular weight is 266 g/mol. The van der Waals surface area contributed by atoms with Gasteiger partial charge in [0.15, 0.2) is 0 Å². The first-order chi connectivity index (χ1) is 8.91. The number of aromatic amines is 1. The van der Waals surface area contributed by atoms with E-state index in [1.54, 1.807) is 13.8 Å². The van der Waals surface area contributed by atoms with E-state index in [0.717, 1.165) is 0 Å². The Morgan fingerprint density at radius 1 is 1.42 bits per heavy atom. The van der Waals surface area contributed by atoms with Gasteiger partial charge in [-0.25, -0.2) is 4.79 Å². The number of cyclic esters (lactones) is 1. The molecule has 3 rings (SSSR count). The first-order valence-electron chi connectivity index (χ1n) is 6.07. The molecule has 1 N–H and O–H groups in total. The number of hydrogen-bond donors (Lipinski definition) is 1. The van der Waals surface area contributed by atoms with E-state index in [2.05, 4.69) is 4.98 Å². The quantitative estimate of drug-likeness (QED) is 0.704. The highest BCUT2D eigenvalue weighted by molar-refractivity contribution is 5.79. The zero-order valence-corrected chi connectivity index (χ0v) is 10.6. The summed E-state index contributed by atoms with van der Waals surface area (Å²) in [5.74, 6) is -0.296. The number of carbonyl (C=O) groups is 1. The van der Waals surface area contributed by atoms with Crippen molar-refractivity contribution in [3.8, 4) is 0 Å². The molecule has 102 valence electrons. The molecule has 7 heteroatoms. The summed E-state index contributed by atoms with van der Waals surface area (Å²) >= 11 is 0. The van der Waals surface area contributed by atoms with E-state index in [0.29, 0.717) is 12.1 Å². The second-order valence-corrected chi connectivity index (χ2v) is 5.25. The summed E-state index contributed by atoms with van der Waals surface area (Å²) in [5, 5.41) is 0. The SMILES string of the molecule is Cc1cc(=O)[nH]c(=O)n1[C@H]1C[C@@]2(C)C(=O)OC[C@H]2O1. The molecule has 0 saturated carbocycles. The lowest BCUT2D eigenvalue weighted by molar-refractivity contribution is -0.145. The largest absolute Gasteiger partial charge is 0.462 e. The average Bonchev–Trinajstić information content (AvgIpc) is 2.74. The highest BCUT2D eigenvalue weighted by Gasteiger charge is 2.57. The van der Waals surface area contributed by atoms with Crippen LogP contribution in [0.15, 0.2) is 15.7 Å². The predicted molar refractivity (Wildman–Crippen MR) is 63.7 cm³/mol. The van der Waals surface area contributed by atoms with E-state index in [1.807, 2.05) is 0 Å². The number of ether oxygens (including phenoxy) is 2. The molecule has 0 spiro atoms. The van der Waals surface area contributed by atoms with Crippen LogP contribution in [0.1, 0.15) is 25.3 Å². The van der Waals surface area contributed by atoms with Crippen molar-refractivity contribution in [1.82, 2.24) is 9.55 Å². The lowest BCUT2D eigenvalue weighted by Crippen LogP contribution is -2.34. The van der Waals surface area contributed by atoms with Gasteiger partial charge in [-0.3, -0.25) is 19.1 Å². The van der Waals surface area contributed by atoms with Gasteiger partial charge in [-0.1, -0.05) is 0 Å². The fraction of sp³-hybridized carbons (Fsp3) is 0.583. The number of hydrogen-bond acceptors (Lipinski definition) is 5. The molecule has 0 aromatic carbocycles. The van der Waals surface area contributed by atoms with Gasteiger partial charge in [0.2, 0.25) is 0 Å². The standard InChI is InChI=1S/C12H14N2O5/c1-6-3-8(15)13-11(17)14(6)9-4-12(2)7(19-9)5-18-10(12)16/h3,7,9H,4-5H2,1-2H3,(H,13,15,17)/t7-,9-,12-/m1/s1. The van der Waals surface area contributed by atoms with Crippen molar-refractivity contribution >= 4 is 5.97 Å². The molecule has 0 unspecified atom stereocenters. The van der Waals surface area contributed by atoms with Gasteiger partial charge in [-0.05, 0) is 13.8 Å². The van der Waals surface area contributed by atoms with Crippen LogP contribution < -0.4 is 11.2 Å². The van der Waals surface area contributed by atoms with E-state index in [9.17, 15) is 14.4 Å². The van der Waals surface area contributed by atoms with Gasteiger partial charge in [0.05, 0.1) is 5.41 Å². The molecule has 2 fully saturated rings. The maximum Gasteiger partial charge on any atom is 0.330 e. The minimum absolute atomic E-state index is 0.211. The third-order valence-electron chi connectivity index (χ3n) is 3.92. The summed E-state index contributed by atoms with van der Waals surface area (Å²) < 4.78 is 12.1. The van der Waals surface area contributed by atoms with Crippen LogP contribution in [0.5, 0.6) is 0 Å². The van der Waals surface area contributed by atoms with E-state index >= 15 is 0 Å². The second-order valence-electron chi connectivity index (χ2n) is 5.25. The van der Waals surface area contributed by atoms with Crippen molar-refractivity contribution in [1.29, 1.82) is 0 Å². The van der Waals surface area contributed by atoms with Gasteiger partial charge in [0, 0.05) is 18.2 Å². The fourth-order valence-electron chi connectivity index (χ4n) is 2.77. The van der Waals surface area contributed by atoms with Crippen molar-refractivity contribution < 1.29 is 14.3 Å². The molecule has 0 radical (unpaired) electrons. The Hall–Kier alpha value is -1.89. The van der Waals surface area contributed by atoms with Crippen LogP contribution in [0.2, 0.25) is 0 Å². The molecule has 7 nitrogen and oxygen atoms in total. The van der Waals surface area contributed by atoms with Gasteiger partial charge >= 0.3 is 11.7 Å². The van der Waals surface area contributed by atoms with Crippen LogP contribution in [-0.2, 0) is 14.3 Å². The van der Waals surface area contributed by atoms with Crippen LogP contribution in [0, 0.1) is 12.3 Å². The van der Waals surface area contributed by atoms with Gasteiger partial charge in [-0.15, -0.1) is 0 Å². The zero-order chi connectivity index (χ0) is 13.8. The summed E-state index contributed by atoms with van der Waals surface area (Å²) in [6.45, 7) is 3.65. The number of nitrogens with one attached hydrogen (secondary N) is 1. The van der Waals surface area contributed by atoms with Crippen LogP contribution in [0.3, 0.4) is 0 Å². The molecular weight excluding hydrogens is 252 g/mol. The lowest BCUT2D eigenvalue weighted by Gasteiger charge is -2.17. The number of esters is 1. The van der Waals surface area contributed by atoms with E-state index < -0.39 is 22.9 Å². The van der Waals surface area contributed by atoms with Crippen molar-refractivity contribution in [3.63, 3.8) is 0 Å². The number of nitrogens with zero attached hydrogens (tertiary/aromatic N) is 1. The number of fused-ring (bicyclic) bond motifs is 1. The molecular formula is C12H14N2O5. The highest BCUT2D eigenvalue weighted by atomic mass is 16.6. The predicted octanol–water partition coefficient (Wildman–Crippen LogP) is -0.304. The van der Waals surface area contributed by atoms with Gasteiger partial charge in [-0.2, -0.15) is 0 Å². The van der Waals surface area contributed by atoms with Crippen molar-refractivity contribution in [3.05, 3.63) is 32.6 Å². The van der Waals surface area contributed by atoms with E-state index in [1.165, 1.54) is 10.6 Å². The molecule has 0 bridgehead atoms. The van der Waals surface area contributed by atoms with Gasteiger partial charge < -0.3 is 9.47 Å². The van der Waals surface area contributed by atoms with E-state index in [-0.39, 0.29) is 18.7 Å². The number of aryl methyl sites for hydroxylation is 1. The zero-order valence-electron chi connectivity index (χ0n) is 10.6. The Balaban J connectivity index is 2.01. The number of aromatic nitrogens is 2. The summed E-state index contributed by atoms with van der Waals surface area (Å²) in [7, 11) is 0. The van der Waals surface area contributed by atoms with Crippen molar-refractivity contribution in [2.75, 3.05) is 6.61 Å². The normalized spacial score (nSPS) is 33.3. The number of carbonyl (C=O) groups excluding carboxylic acids is 1. The summed E-state index contributed by atoms with van der Waals surface area (Å²) in [6, 6.07) is 1.33. The summed E-state index contributed by atoms with van der Waals surface area (Å²) in [4.78, 5) is 37.0. The van der Waals surface area contributed by atoms with Crippen LogP contribution in [0.4, 0.5) is 0 Å². The Morgan fingerprint density at radius 3 is 2.79 bits per heavy atom. The Bertz CT molecular complexity index is 661. The van der Waals surface area contributed by atoms with Crippen LogP contribution >= 0.6 is 0 Å². The van der Waals surface area contributed by atoms with E-state index in [4.69, 9.17) is 9.47 Å². The third-order valence-corrected chi connectivity index (χ3v) is 3.92. The molecule has 2 aliphatic heterocycles. The number of H-pyrrole nitrogens is 1. The molecule has 2 saturated heterocycles. The second kappa shape index (κ2) is 3.80. The van der Waals surface area contributed by atoms with Gasteiger partial charge in [0.1, 0.15) is 18.9 Å². The molecule has 3 atom stereocenters. The van der Waals surface area contributed by atoms with Crippen molar-refractivity contribution in [2.45, 2.75) is 32.6 Å². The molecule has 1 aromatic rings. The topological polar surface area (TPSA) is 90.4 Å². The maximum atomic E-state index is 11.9. The fourth-order valence-corrected chi connectivity index (χ4v) is 2.77. The smallest absolute Gasteiger partial charge is 0.330 e. The Morgan fingerprint density at radius 2 is 2.16 bits per heavy atom. The van der Waals surface area contributed by atoms with Crippen molar-refractivity contribution in [2.24, 2.45) is 5.41 Å². The maximum absolute atomic E-state index is 11.9. The lowest BCUT2D eigenvalue weighted by atomic mass is 9.85. The Labute approximate surface area is 108 Å². The molecule has 3 heterocycles. The summed E-state index contributed by atoms with van der Waals surface area (Å²) in [6.07, 6.45) is -0.529. The first-order valence-corrected chi connectivity index (χ1v) is 6.07. The molecule has 0 amide bonds. The Kier molecular flexibility index (Phi) is 2.43. The monoisotopic (exact) mass is 266 g/mol. The number of rotatable bonds is 1. The van der Waals surface area contributed by atoms with Crippen LogP contribution in [0.25, 0.3) is 0 Å². The minimum atomic E-state index is -0.716. The molecule has 1 aromatic heterocycles. The van der Waals surface area contributed by atoms with Gasteiger partial charge in [0.25, 0.3) is 5.56 Å². The molecule has 19 heavy (non-hydrogen) atoms.